The molecule has 0 radical (unpaired) electrons. The number of rotatable bonds is 8. The lowest BCUT2D eigenvalue weighted by atomic mass is 10.1. The van der Waals surface area contributed by atoms with Gasteiger partial charge in [-0.2, -0.15) is 0 Å². The Morgan fingerprint density at radius 2 is 1.45 bits per heavy atom. The van der Waals surface area contributed by atoms with E-state index >= 15 is 0 Å². The Labute approximate surface area is 169 Å². The van der Waals surface area contributed by atoms with Crippen LogP contribution in [0.5, 0.6) is 11.5 Å². The quantitative estimate of drug-likeness (QED) is 0.551. The van der Waals surface area contributed by atoms with Crippen LogP contribution >= 0.6 is 0 Å². The van der Waals surface area contributed by atoms with Crippen molar-refractivity contribution in [3.05, 3.63) is 96.1 Å². The fraction of sp³-hybridized carbons (Fsp3) is 0.130. The molecule has 0 saturated heterocycles. The van der Waals surface area contributed by atoms with Gasteiger partial charge in [-0.05, 0) is 35.4 Å². The summed E-state index contributed by atoms with van der Waals surface area (Å²) in [6.07, 6.45) is 0.354. The molecule has 0 aliphatic rings. The van der Waals surface area contributed by atoms with Crippen molar-refractivity contribution < 1.29 is 14.3 Å². The average Bonchev–Trinajstić information content (AvgIpc) is 2.73. The maximum atomic E-state index is 12.6. The first-order chi connectivity index (χ1) is 14.1. The van der Waals surface area contributed by atoms with Gasteiger partial charge in [-0.1, -0.05) is 60.7 Å². The van der Waals surface area contributed by atoms with Gasteiger partial charge in [0.1, 0.15) is 17.5 Å². The molecule has 4 N–H and O–H groups in total. The molecule has 148 valence electrons. The van der Waals surface area contributed by atoms with E-state index in [2.05, 4.69) is 10.6 Å². The highest BCUT2D eigenvalue weighted by Gasteiger charge is 2.20. The highest BCUT2D eigenvalue weighted by molar-refractivity contribution is 5.86. The minimum atomic E-state index is -0.751. The van der Waals surface area contributed by atoms with Gasteiger partial charge in [0.05, 0.1) is 0 Å². The van der Waals surface area contributed by atoms with Crippen molar-refractivity contribution in [1.82, 2.24) is 10.6 Å². The van der Waals surface area contributed by atoms with Gasteiger partial charge in [0.15, 0.2) is 0 Å². The molecule has 0 saturated carbocycles. The number of urea groups is 1. The van der Waals surface area contributed by atoms with Crippen LogP contribution in [-0.4, -0.2) is 18.0 Å². The molecule has 3 rings (SSSR count). The van der Waals surface area contributed by atoms with Gasteiger partial charge in [-0.25, -0.2) is 4.79 Å². The van der Waals surface area contributed by atoms with Gasteiger partial charge in [0.25, 0.3) is 0 Å². The Morgan fingerprint density at radius 1 is 0.828 bits per heavy atom. The monoisotopic (exact) mass is 389 g/mol. The van der Waals surface area contributed by atoms with Crippen molar-refractivity contribution in [3.8, 4) is 11.5 Å². The van der Waals surface area contributed by atoms with Gasteiger partial charge in [0, 0.05) is 13.0 Å². The highest BCUT2D eigenvalue weighted by atomic mass is 16.5. The molecule has 0 heterocycles. The Kier molecular flexibility index (Phi) is 6.84. The normalized spacial score (nSPS) is 11.3. The lowest BCUT2D eigenvalue weighted by Crippen LogP contribution is -2.49. The summed E-state index contributed by atoms with van der Waals surface area (Å²) in [5.41, 5.74) is 7.05. The minimum Gasteiger partial charge on any atom is -0.457 e. The molecule has 0 spiro atoms. The fourth-order valence-corrected chi connectivity index (χ4v) is 2.89. The number of hydrogen-bond acceptors (Lipinski definition) is 3. The molecule has 3 aromatic carbocycles. The van der Waals surface area contributed by atoms with E-state index in [0.29, 0.717) is 18.7 Å². The van der Waals surface area contributed by atoms with E-state index in [9.17, 15) is 9.59 Å². The third kappa shape index (κ3) is 6.39. The van der Waals surface area contributed by atoms with Crippen molar-refractivity contribution in [1.29, 1.82) is 0 Å². The number of ether oxygens (including phenoxy) is 1. The number of amides is 3. The van der Waals surface area contributed by atoms with Crippen molar-refractivity contribution in [2.45, 2.75) is 19.0 Å². The van der Waals surface area contributed by atoms with Crippen LogP contribution in [0.25, 0.3) is 0 Å². The fourth-order valence-electron chi connectivity index (χ4n) is 2.89. The standard InChI is InChI=1S/C23H23N3O3/c24-23(28)26-21(15-17-8-3-1-4-9-17)22(27)25-16-18-10-7-13-20(14-18)29-19-11-5-2-6-12-19/h1-14,21H,15-16H2,(H,25,27)(H3,24,26,28)/t21-/m0/s1. The van der Waals surface area contributed by atoms with Crippen molar-refractivity contribution in [3.63, 3.8) is 0 Å². The van der Waals surface area contributed by atoms with Crippen LogP contribution in [0.3, 0.4) is 0 Å². The van der Waals surface area contributed by atoms with E-state index in [1.807, 2.05) is 84.9 Å². The molecule has 0 aliphatic carbocycles. The number of nitrogens with two attached hydrogens (primary N) is 1. The maximum absolute atomic E-state index is 12.6. The summed E-state index contributed by atoms with van der Waals surface area (Å²) in [4.78, 5) is 23.9. The van der Waals surface area contributed by atoms with Crippen LogP contribution < -0.4 is 21.1 Å². The maximum Gasteiger partial charge on any atom is 0.312 e. The smallest absolute Gasteiger partial charge is 0.312 e. The molecular weight excluding hydrogens is 366 g/mol. The zero-order valence-corrected chi connectivity index (χ0v) is 15.9. The summed E-state index contributed by atoms with van der Waals surface area (Å²) in [5, 5.41) is 5.36. The van der Waals surface area contributed by atoms with Crippen LogP contribution in [0.1, 0.15) is 11.1 Å². The Balaban J connectivity index is 1.61. The summed E-state index contributed by atoms with van der Waals surface area (Å²) in [6, 6.07) is 24.9. The Hall–Kier alpha value is -3.80. The molecule has 0 bridgehead atoms. The highest BCUT2D eigenvalue weighted by Crippen LogP contribution is 2.21. The first kappa shape index (κ1) is 19.9. The lowest BCUT2D eigenvalue weighted by Gasteiger charge is -2.17. The largest absolute Gasteiger partial charge is 0.457 e. The van der Waals surface area contributed by atoms with Gasteiger partial charge in [-0.3, -0.25) is 4.79 Å². The third-order valence-corrected chi connectivity index (χ3v) is 4.26. The molecule has 0 aliphatic heterocycles. The van der Waals surface area contributed by atoms with Gasteiger partial charge >= 0.3 is 6.03 Å². The van der Waals surface area contributed by atoms with E-state index in [-0.39, 0.29) is 5.91 Å². The molecular formula is C23H23N3O3. The molecule has 3 aromatic rings. The van der Waals surface area contributed by atoms with E-state index in [1.165, 1.54) is 0 Å². The summed E-state index contributed by atoms with van der Waals surface area (Å²) in [6.45, 7) is 0.302. The molecule has 6 heteroatoms. The van der Waals surface area contributed by atoms with E-state index in [4.69, 9.17) is 10.5 Å². The van der Waals surface area contributed by atoms with E-state index < -0.39 is 12.1 Å². The minimum absolute atomic E-state index is 0.302. The predicted octanol–water partition coefficient (Wildman–Crippen LogP) is 3.37. The van der Waals surface area contributed by atoms with E-state index in [0.717, 1.165) is 16.9 Å². The molecule has 0 fully saturated rings. The Morgan fingerprint density at radius 3 is 2.14 bits per heavy atom. The second-order valence-electron chi connectivity index (χ2n) is 6.53. The number of carbonyl (C=O) groups excluding carboxylic acids is 2. The van der Waals surface area contributed by atoms with Gasteiger partial charge < -0.3 is 21.1 Å². The molecule has 29 heavy (non-hydrogen) atoms. The first-order valence-electron chi connectivity index (χ1n) is 9.29. The van der Waals surface area contributed by atoms with Gasteiger partial charge in [-0.15, -0.1) is 0 Å². The third-order valence-electron chi connectivity index (χ3n) is 4.26. The number of carbonyl (C=O) groups is 2. The van der Waals surface area contributed by atoms with Crippen LogP contribution in [0.15, 0.2) is 84.9 Å². The van der Waals surface area contributed by atoms with Crippen LogP contribution in [0.2, 0.25) is 0 Å². The van der Waals surface area contributed by atoms with Gasteiger partial charge in [0.2, 0.25) is 5.91 Å². The zero-order valence-electron chi connectivity index (χ0n) is 15.9. The van der Waals surface area contributed by atoms with Crippen molar-refractivity contribution in [2.75, 3.05) is 0 Å². The van der Waals surface area contributed by atoms with Crippen LogP contribution in [-0.2, 0) is 17.8 Å². The molecule has 6 nitrogen and oxygen atoms in total. The number of hydrogen-bond donors (Lipinski definition) is 3. The topological polar surface area (TPSA) is 93.5 Å². The number of para-hydroxylation sites is 1. The number of primary amides is 1. The average molecular weight is 389 g/mol. The summed E-state index contributed by atoms with van der Waals surface area (Å²) in [7, 11) is 0. The van der Waals surface area contributed by atoms with Crippen LogP contribution in [0.4, 0.5) is 4.79 Å². The van der Waals surface area contributed by atoms with E-state index in [1.54, 1.807) is 0 Å². The number of benzene rings is 3. The summed E-state index contributed by atoms with van der Waals surface area (Å²) in [5.74, 6) is 1.11. The summed E-state index contributed by atoms with van der Waals surface area (Å²) < 4.78 is 5.82. The predicted molar refractivity (Wildman–Crippen MR) is 111 cm³/mol. The van der Waals surface area contributed by atoms with Crippen molar-refractivity contribution >= 4 is 11.9 Å². The SMILES string of the molecule is NC(=O)N[C@@H](Cc1ccccc1)C(=O)NCc1cccc(Oc2ccccc2)c1. The Bertz CT molecular complexity index is 946. The second kappa shape index (κ2) is 9.94. The molecule has 1 atom stereocenters. The molecule has 0 unspecified atom stereocenters. The lowest BCUT2D eigenvalue weighted by molar-refractivity contribution is -0.123. The zero-order chi connectivity index (χ0) is 20.5. The number of nitrogens with one attached hydrogen (secondary N) is 2. The molecule has 0 aromatic heterocycles. The van der Waals surface area contributed by atoms with Crippen molar-refractivity contribution in [2.24, 2.45) is 5.73 Å². The molecule has 3 amide bonds. The summed E-state index contributed by atoms with van der Waals surface area (Å²) >= 11 is 0. The van der Waals surface area contributed by atoms with Crippen LogP contribution in [0, 0.1) is 0 Å². The first-order valence-corrected chi connectivity index (χ1v) is 9.29. The second-order valence-corrected chi connectivity index (χ2v) is 6.53.